The highest BCUT2D eigenvalue weighted by molar-refractivity contribution is 6.18. The van der Waals surface area contributed by atoms with Crippen molar-refractivity contribution in [3.05, 3.63) is 0 Å². The molecule has 0 heterocycles. The van der Waals surface area contributed by atoms with Gasteiger partial charge < -0.3 is 4.90 Å². The highest BCUT2D eigenvalue weighted by atomic mass is 35.5. The molecule has 0 unspecified atom stereocenters. The number of carbonyl (C=O) groups excluding carboxylic acids is 1. The molecule has 2 nitrogen and oxygen atoms in total. The van der Waals surface area contributed by atoms with E-state index in [1.54, 1.807) is 0 Å². The van der Waals surface area contributed by atoms with Crippen LogP contribution in [0.5, 0.6) is 0 Å². The molecule has 0 atom stereocenters. The fourth-order valence-electron chi connectivity index (χ4n) is 2.32. The Morgan fingerprint density at radius 2 is 1.50 bits per heavy atom. The zero-order valence-corrected chi connectivity index (χ0v) is 11.3. The molecule has 0 radical (unpaired) electrons. The van der Waals surface area contributed by atoms with Crippen molar-refractivity contribution in [1.29, 1.82) is 0 Å². The zero-order chi connectivity index (χ0) is 11.8. The molecule has 0 spiro atoms. The van der Waals surface area contributed by atoms with Crippen LogP contribution in [0.4, 0.5) is 0 Å². The molecule has 16 heavy (non-hydrogen) atoms. The van der Waals surface area contributed by atoms with Gasteiger partial charge in [-0.2, -0.15) is 0 Å². The van der Waals surface area contributed by atoms with Crippen LogP contribution in [0.25, 0.3) is 0 Å². The van der Waals surface area contributed by atoms with Crippen LogP contribution in [-0.4, -0.2) is 35.7 Å². The summed E-state index contributed by atoms with van der Waals surface area (Å²) in [5.41, 5.74) is 0. The lowest BCUT2D eigenvalue weighted by molar-refractivity contribution is -0.135. The van der Waals surface area contributed by atoms with Gasteiger partial charge in [0.05, 0.1) is 0 Å². The van der Waals surface area contributed by atoms with Crippen molar-refractivity contribution in [1.82, 2.24) is 4.90 Å². The summed E-state index contributed by atoms with van der Waals surface area (Å²) >= 11 is 11.4. The molecule has 0 saturated heterocycles. The Bertz CT molecular complexity index is 193. The Morgan fingerprint density at radius 1 is 1.00 bits per heavy atom. The highest BCUT2D eigenvalue weighted by Gasteiger charge is 2.24. The highest BCUT2D eigenvalue weighted by Crippen LogP contribution is 2.24. The monoisotopic (exact) mass is 265 g/mol. The van der Waals surface area contributed by atoms with Crippen LogP contribution in [0, 0.1) is 5.92 Å². The van der Waals surface area contributed by atoms with Crippen LogP contribution in [0.15, 0.2) is 0 Å². The summed E-state index contributed by atoms with van der Waals surface area (Å²) in [6.07, 6.45) is 7.00. The first-order chi connectivity index (χ1) is 7.79. The maximum atomic E-state index is 12.2. The van der Waals surface area contributed by atoms with Gasteiger partial charge in [0, 0.05) is 30.8 Å². The van der Waals surface area contributed by atoms with Gasteiger partial charge >= 0.3 is 0 Å². The summed E-state index contributed by atoms with van der Waals surface area (Å²) in [6.45, 7) is 1.26. The molecule has 0 aliphatic heterocycles. The Balaban J connectivity index is 2.49. The molecule has 1 amide bonds. The van der Waals surface area contributed by atoms with Gasteiger partial charge in [0.15, 0.2) is 0 Å². The van der Waals surface area contributed by atoms with Gasteiger partial charge in [-0.25, -0.2) is 0 Å². The molecule has 1 saturated carbocycles. The summed E-state index contributed by atoms with van der Waals surface area (Å²) in [5, 5.41) is 0. The normalized spacial score (nSPS) is 18.1. The summed E-state index contributed by atoms with van der Waals surface area (Å²) < 4.78 is 0. The van der Waals surface area contributed by atoms with Crippen molar-refractivity contribution < 1.29 is 4.79 Å². The molecule has 0 aromatic carbocycles. The molecule has 4 heteroatoms. The van der Waals surface area contributed by atoms with Crippen molar-refractivity contribution in [2.75, 3.05) is 24.8 Å². The van der Waals surface area contributed by atoms with Gasteiger partial charge in [0.25, 0.3) is 0 Å². The lowest BCUT2D eigenvalue weighted by atomic mass is 9.99. The summed E-state index contributed by atoms with van der Waals surface area (Å²) in [6, 6.07) is 0. The van der Waals surface area contributed by atoms with Crippen molar-refractivity contribution in [2.45, 2.75) is 38.5 Å². The fraction of sp³-hybridized carbons (Fsp3) is 0.917. The van der Waals surface area contributed by atoms with E-state index in [-0.39, 0.29) is 11.8 Å². The average molecular weight is 266 g/mol. The second-order valence-corrected chi connectivity index (χ2v) is 5.15. The Morgan fingerprint density at radius 3 is 1.94 bits per heavy atom. The van der Waals surface area contributed by atoms with Crippen LogP contribution in [-0.2, 0) is 4.79 Å². The smallest absolute Gasteiger partial charge is 0.225 e. The standard InChI is InChI=1S/C12H21Cl2NO/c13-7-9-15(10-8-14)12(16)11-5-3-1-2-4-6-11/h11H,1-10H2. The first-order valence-electron chi connectivity index (χ1n) is 6.20. The fourth-order valence-corrected chi connectivity index (χ4v) is 2.73. The maximum Gasteiger partial charge on any atom is 0.225 e. The Labute approximate surface area is 108 Å². The molecule has 94 valence electrons. The van der Waals surface area contributed by atoms with Gasteiger partial charge in [-0.1, -0.05) is 25.7 Å². The molecular formula is C12H21Cl2NO. The van der Waals surface area contributed by atoms with Gasteiger partial charge in [-0.15, -0.1) is 23.2 Å². The Kier molecular flexibility index (Phi) is 7.22. The summed E-state index contributed by atoms with van der Waals surface area (Å²) in [4.78, 5) is 14.1. The minimum atomic E-state index is 0.217. The first kappa shape index (κ1) is 14.1. The van der Waals surface area contributed by atoms with Gasteiger partial charge in [-0.05, 0) is 12.8 Å². The molecule has 1 aliphatic rings. The predicted molar refractivity (Wildman–Crippen MR) is 69.2 cm³/mol. The number of rotatable bonds is 5. The van der Waals surface area contributed by atoms with Crippen LogP contribution >= 0.6 is 23.2 Å². The number of amides is 1. The molecule has 0 bridgehead atoms. The predicted octanol–water partition coefficient (Wildman–Crippen LogP) is 3.26. The number of hydrogen-bond donors (Lipinski definition) is 0. The lowest BCUT2D eigenvalue weighted by Crippen LogP contribution is -2.38. The topological polar surface area (TPSA) is 20.3 Å². The lowest BCUT2D eigenvalue weighted by Gasteiger charge is -2.25. The van der Waals surface area contributed by atoms with Crippen molar-refractivity contribution in [3.8, 4) is 0 Å². The zero-order valence-electron chi connectivity index (χ0n) is 9.76. The number of nitrogens with zero attached hydrogens (tertiary/aromatic N) is 1. The first-order valence-corrected chi connectivity index (χ1v) is 7.27. The molecule has 0 aromatic rings. The molecule has 0 N–H and O–H groups in total. The largest absolute Gasteiger partial charge is 0.340 e. The van der Waals surface area contributed by atoms with E-state index in [1.807, 2.05) is 4.90 Å². The van der Waals surface area contributed by atoms with Gasteiger partial charge in [0.1, 0.15) is 0 Å². The third-order valence-corrected chi connectivity index (χ3v) is 3.56. The third-order valence-electron chi connectivity index (χ3n) is 3.22. The molecule has 0 aromatic heterocycles. The minimum absolute atomic E-state index is 0.217. The van der Waals surface area contributed by atoms with E-state index in [0.717, 1.165) is 12.8 Å². The number of carbonyl (C=O) groups is 1. The van der Waals surface area contributed by atoms with E-state index < -0.39 is 0 Å². The van der Waals surface area contributed by atoms with Crippen molar-refractivity contribution >= 4 is 29.1 Å². The second-order valence-electron chi connectivity index (χ2n) is 4.39. The van der Waals surface area contributed by atoms with E-state index in [0.29, 0.717) is 24.8 Å². The van der Waals surface area contributed by atoms with E-state index >= 15 is 0 Å². The molecule has 1 rings (SSSR count). The van der Waals surface area contributed by atoms with E-state index in [1.165, 1.54) is 25.7 Å². The molecule has 1 aliphatic carbocycles. The van der Waals surface area contributed by atoms with Crippen molar-refractivity contribution in [2.24, 2.45) is 5.92 Å². The minimum Gasteiger partial charge on any atom is -0.340 e. The summed E-state index contributed by atoms with van der Waals surface area (Å²) in [7, 11) is 0. The van der Waals surface area contributed by atoms with Crippen LogP contribution < -0.4 is 0 Å². The molecule has 1 fully saturated rings. The van der Waals surface area contributed by atoms with Crippen LogP contribution in [0.2, 0.25) is 0 Å². The third kappa shape index (κ3) is 4.50. The second kappa shape index (κ2) is 8.19. The summed E-state index contributed by atoms with van der Waals surface area (Å²) in [5.74, 6) is 1.47. The average Bonchev–Trinajstić information content (AvgIpc) is 2.56. The van der Waals surface area contributed by atoms with Gasteiger partial charge in [0.2, 0.25) is 5.91 Å². The van der Waals surface area contributed by atoms with E-state index in [9.17, 15) is 4.79 Å². The van der Waals surface area contributed by atoms with E-state index in [4.69, 9.17) is 23.2 Å². The maximum absolute atomic E-state index is 12.2. The van der Waals surface area contributed by atoms with Gasteiger partial charge in [-0.3, -0.25) is 4.79 Å². The number of hydrogen-bond acceptors (Lipinski definition) is 1. The number of alkyl halides is 2. The Hall–Kier alpha value is 0.0500. The van der Waals surface area contributed by atoms with E-state index in [2.05, 4.69) is 0 Å². The molecular weight excluding hydrogens is 245 g/mol. The number of halogens is 2. The quantitative estimate of drug-likeness (QED) is 0.552. The van der Waals surface area contributed by atoms with Crippen molar-refractivity contribution in [3.63, 3.8) is 0 Å². The van der Waals surface area contributed by atoms with Crippen LogP contribution in [0.3, 0.4) is 0 Å². The van der Waals surface area contributed by atoms with Crippen LogP contribution in [0.1, 0.15) is 38.5 Å². The SMILES string of the molecule is O=C(C1CCCCCC1)N(CCCl)CCCl.